The number of hydrogen-bond donors (Lipinski definition) is 2. The van der Waals surface area contributed by atoms with Gasteiger partial charge in [0, 0.05) is 16.0 Å². The molecule has 0 radical (unpaired) electrons. The third kappa shape index (κ3) is 3.29. The van der Waals surface area contributed by atoms with Crippen molar-refractivity contribution in [2.75, 3.05) is 6.26 Å². The molecule has 2 rings (SSSR count). The minimum Gasteiger partial charge on any atom is -0.488 e. The number of benzene rings is 2. The number of amidine groups is 1. The smallest absolute Gasteiger partial charge is 0.133 e. The SMILES string of the molecule is CSc1ccccc1OCc1ccccc1C(=N)N. The number of hydrogen-bond acceptors (Lipinski definition) is 3. The van der Waals surface area contributed by atoms with Gasteiger partial charge in [-0.25, -0.2) is 0 Å². The fourth-order valence-corrected chi connectivity index (χ4v) is 2.35. The summed E-state index contributed by atoms with van der Waals surface area (Å²) in [5, 5.41) is 7.56. The van der Waals surface area contributed by atoms with Gasteiger partial charge in [0.15, 0.2) is 0 Å². The Morgan fingerprint density at radius 2 is 1.84 bits per heavy atom. The maximum Gasteiger partial charge on any atom is 0.133 e. The van der Waals surface area contributed by atoms with Crippen LogP contribution in [0.15, 0.2) is 53.4 Å². The Kier molecular flexibility index (Phi) is 4.47. The van der Waals surface area contributed by atoms with E-state index in [4.69, 9.17) is 15.9 Å². The minimum absolute atomic E-state index is 0.0670. The van der Waals surface area contributed by atoms with Crippen LogP contribution in [0.1, 0.15) is 11.1 Å². The second kappa shape index (κ2) is 6.29. The Morgan fingerprint density at radius 1 is 1.16 bits per heavy atom. The van der Waals surface area contributed by atoms with Crippen molar-refractivity contribution in [3.63, 3.8) is 0 Å². The average molecular weight is 272 g/mol. The number of rotatable bonds is 5. The molecule has 3 nitrogen and oxygen atoms in total. The highest BCUT2D eigenvalue weighted by molar-refractivity contribution is 7.98. The van der Waals surface area contributed by atoms with Gasteiger partial charge in [0.1, 0.15) is 18.2 Å². The van der Waals surface area contributed by atoms with Crippen LogP contribution in [0.2, 0.25) is 0 Å². The van der Waals surface area contributed by atoms with Crippen molar-refractivity contribution in [3.8, 4) is 5.75 Å². The average Bonchev–Trinajstić information content (AvgIpc) is 2.45. The number of nitrogens with one attached hydrogen (secondary N) is 1. The predicted octanol–water partition coefficient (Wildman–Crippen LogP) is 3.27. The first-order chi connectivity index (χ1) is 9.22. The summed E-state index contributed by atoms with van der Waals surface area (Å²) in [7, 11) is 0. The van der Waals surface area contributed by atoms with Crippen molar-refractivity contribution in [2.45, 2.75) is 11.5 Å². The van der Waals surface area contributed by atoms with E-state index in [9.17, 15) is 0 Å². The summed E-state index contributed by atoms with van der Waals surface area (Å²) in [6.45, 7) is 0.410. The molecule has 0 spiro atoms. The maximum atomic E-state index is 7.56. The molecular weight excluding hydrogens is 256 g/mol. The first kappa shape index (κ1) is 13.5. The molecule has 19 heavy (non-hydrogen) atoms. The molecule has 0 aliphatic rings. The lowest BCUT2D eigenvalue weighted by atomic mass is 10.1. The molecule has 0 saturated heterocycles. The molecule has 98 valence electrons. The Morgan fingerprint density at radius 3 is 2.58 bits per heavy atom. The van der Waals surface area contributed by atoms with E-state index < -0.39 is 0 Å². The first-order valence-electron chi connectivity index (χ1n) is 5.90. The summed E-state index contributed by atoms with van der Waals surface area (Å²) in [4.78, 5) is 1.10. The van der Waals surface area contributed by atoms with E-state index in [1.54, 1.807) is 11.8 Å². The maximum absolute atomic E-state index is 7.56. The van der Waals surface area contributed by atoms with Crippen molar-refractivity contribution in [3.05, 3.63) is 59.7 Å². The molecule has 0 saturated carbocycles. The zero-order chi connectivity index (χ0) is 13.7. The van der Waals surface area contributed by atoms with Crippen LogP contribution in [-0.4, -0.2) is 12.1 Å². The molecule has 4 heteroatoms. The molecule has 0 unspecified atom stereocenters. The highest BCUT2D eigenvalue weighted by Crippen LogP contribution is 2.27. The number of nitrogens with two attached hydrogens (primary N) is 1. The van der Waals surface area contributed by atoms with Crippen LogP contribution in [0.25, 0.3) is 0 Å². The van der Waals surface area contributed by atoms with Gasteiger partial charge in [-0.3, -0.25) is 5.41 Å². The molecular formula is C15H16N2OS. The van der Waals surface area contributed by atoms with Gasteiger partial charge < -0.3 is 10.5 Å². The largest absolute Gasteiger partial charge is 0.488 e. The molecule has 0 aromatic heterocycles. The molecule has 0 fully saturated rings. The van der Waals surface area contributed by atoms with Crippen LogP contribution in [0.5, 0.6) is 5.75 Å². The van der Waals surface area contributed by atoms with Gasteiger partial charge in [-0.05, 0) is 18.4 Å². The summed E-state index contributed by atoms with van der Waals surface area (Å²) in [6.07, 6.45) is 2.02. The van der Waals surface area contributed by atoms with E-state index in [0.29, 0.717) is 6.61 Å². The first-order valence-corrected chi connectivity index (χ1v) is 7.13. The van der Waals surface area contributed by atoms with Gasteiger partial charge in [0.25, 0.3) is 0 Å². The molecule has 2 aromatic rings. The Hall–Kier alpha value is -1.94. The molecule has 0 atom stereocenters. The van der Waals surface area contributed by atoms with E-state index in [-0.39, 0.29) is 5.84 Å². The second-order valence-electron chi connectivity index (χ2n) is 4.01. The Balaban J connectivity index is 2.17. The lowest BCUT2D eigenvalue weighted by Crippen LogP contribution is -2.14. The second-order valence-corrected chi connectivity index (χ2v) is 4.86. The fraction of sp³-hybridized carbons (Fsp3) is 0.133. The molecule has 0 heterocycles. The van der Waals surface area contributed by atoms with Crippen LogP contribution in [0.4, 0.5) is 0 Å². The highest BCUT2D eigenvalue weighted by atomic mass is 32.2. The van der Waals surface area contributed by atoms with Crippen molar-refractivity contribution in [1.29, 1.82) is 5.41 Å². The third-order valence-corrected chi connectivity index (χ3v) is 3.54. The monoisotopic (exact) mass is 272 g/mol. The van der Waals surface area contributed by atoms with Crippen LogP contribution in [0.3, 0.4) is 0 Å². The molecule has 3 N–H and O–H groups in total. The lowest BCUT2D eigenvalue weighted by Gasteiger charge is -2.12. The summed E-state index contributed by atoms with van der Waals surface area (Å²) in [5.41, 5.74) is 7.21. The Labute approximate surface area is 117 Å². The minimum atomic E-state index is 0.0670. The normalized spacial score (nSPS) is 10.2. The van der Waals surface area contributed by atoms with Crippen LogP contribution < -0.4 is 10.5 Å². The number of ether oxygens (including phenoxy) is 1. The van der Waals surface area contributed by atoms with Crippen LogP contribution in [0, 0.1) is 5.41 Å². The summed E-state index contributed by atoms with van der Waals surface area (Å²) in [6, 6.07) is 15.5. The topological polar surface area (TPSA) is 59.1 Å². The third-order valence-electron chi connectivity index (χ3n) is 2.76. The molecule has 0 aliphatic heterocycles. The van der Waals surface area contributed by atoms with E-state index in [2.05, 4.69) is 0 Å². The number of para-hydroxylation sites is 1. The van der Waals surface area contributed by atoms with Gasteiger partial charge in [0.05, 0.1) is 0 Å². The zero-order valence-corrected chi connectivity index (χ0v) is 11.5. The van der Waals surface area contributed by atoms with E-state index in [1.807, 2.05) is 54.8 Å². The van der Waals surface area contributed by atoms with Gasteiger partial charge in [-0.2, -0.15) is 0 Å². The van der Waals surface area contributed by atoms with E-state index in [1.165, 1.54) is 0 Å². The van der Waals surface area contributed by atoms with Crippen LogP contribution in [-0.2, 0) is 6.61 Å². The van der Waals surface area contributed by atoms with E-state index >= 15 is 0 Å². The number of nitrogen functional groups attached to an aromatic ring is 1. The van der Waals surface area contributed by atoms with Crippen molar-refractivity contribution in [1.82, 2.24) is 0 Å². The quantitative estimate of drug-likeness (QED) is 0.499. The fourth-order valence-electron chi connectivity index (χ4n) is 1.80. The Bertz CT molecular complexity index is 584. The van der Waals surface area contributed by atoms with Gasteiger partial charge in [0.2, 0.25) is 0 Å². The van der Waals surface area contributed by atoms with Crippen molar-refractivity contribution < 1.29 is 4.74 Å². The standard InChI is InChI=1S/C15H16N2OS/c1-19-14-9-5-4-8-13(14)18-10-11-6-2-3-7-12(11)15(16)17/h2-9H,10H2,1H3,(H3,16,17). The lowest BCUT2D eigenvalue weighted by molar-refractivity contribution is 0.298. The summed E-state index contributed by atoms with van der Waals surface area (Å²) < 4.78 is 5.83. The molecule has 0 aliphatic carbocycles. The summed E-state index contributed by atoms with van der Waals surface area (Å²) >= 11 is 1.65. The van der Waals surface area contributed by atoms with E-state index in [0.717, 1.165) is 21.8 Å². The van der Waals surface area contributed by atoms with Gasteiger partial charge >= 0.3 is 0 Å². The number of thioether (sulfide) groups is 1. The molecule has 0 amide bonds. The summed E-state index contributed by atoms with van der Waals surface area (Å²) in [5.74, 6) is 0.922. The van der Waals surface area contributed by atoms with Gasteiger partial charge in [-0.1, -0.05) is 36.4 Å². The van der Waals surface area contributed by atoms with Crippen LogP contribution >= 0.6 is 11.8 Å². The van der Waals surface area contributed by atoms with Crippen molar-refractivity contribution in [2.24, 2.45) is 5.73 Å². The van der Waals surface area contributed by atoms with Crippen molar-refractivity contribution >= 4 is 17.6 Å². The molecule has 0 bridgehead atoms. The predicted molar refractivity (Wildman–Crippen MR) is 80.0 cm³/mol. The highest BCUT2D eigenvalue weighted by Gasteiger charge is 2.06. The van der Waals surface area contributed by atoms with Gasteiger partial charge in [-0.15, -0.1) is 11.8 Å². The molecule has 2 aromatic carbocycles. The zero-order valence-electron chi connectivity index (χ0n) is 10.7.